The number of hydrogen-bond donors (Lipinski definition) is 0. The number of aromatic nitrogens is 1. The standard InChI is InChI=1S/C18H15ClN4O6S/c1-10-14(19)3-4-15-16(10)21(5-6-29-2)18(30-15)20-17(24)11-7-12(22(25)26)9-13(8-11)23(27)28/h3-4,7-9H,5-6H2,1-2H3. The van der Waals surface area contributed by atoms with Crippen LogP contribution in [-0.4, -0.2) is 34.0 Å². The van der Waals surface area contributed by atoms with Gasteiger partial charge in [0.2, 0.25) is 0 Å². The summed E-state index contributed by atoms with van der Waals surface area (Å²) in [5.74, 6) is -0.830. The second-order valence-corrected chi connectivity index (χ2v) is 7.63. The maximum atomic E-state index is 12.7. The zero-order chi connectivity index (χ0) is 22.0. The molecule has 0 saturated carbocycles. The van der Waals surface area contributed by atoms with Gasteiger partial charge in [-0.25, -0.2) is 0 Å². The van der Waals surface area contributed by atoms with Crippen molar-refractivity contribution in [2.75, 3.05) is 13.7 Å². The Morgan fingerprint density at radius 1 is 1.20 bits per heavy atom. The predicted molar refractivity (Wildman–Crippen MR) is 111 cm³/mol. The van der Waals surface area contributed by atoms with Crippen molar-refractivity contribution in [3.8, 4) is 0 Å². The van der Waals surface area contributed by atoms with Gasteiger partial charge >= 0.3 is 0 Å². The number of carbonyl (C=O) groups is 1. The van der Waals surface area contributed by atoms with Crippen molar-refractivity contribution < 1.29 is 19.4 Å². The zero-order valence-corrected chi connectivity index (χ0v) is 17.4. The van der Waals surface area contributed by atoms with Crippen LogP contribution in [0.1, 0.15) is 15.9 Å². The monoisotopic (exact) mass is 450 g/mol. The number of hydrogen-bond acceptors (Lipinski definition) is 7. The highest BCUT2D eigenvalue weighted by atomic mass is 35.5. The zero-order valence-electron chi connectivity index (χ0n) is 15.8. The van der Waals surface area contributed by atoms with Crippen molar-refractivity contribution in [1.82, 2.24) is 4.57 Å². The molecule has 0 bridgehead atoms. The Kier molecular flexibility index (Phi) is 6.25. The van der Waals surface area contributed by atoms with Crippen LogP contribution in [0.3, 0.4) is 0 Å². The molecule has 0 spiro atoms. The molecule has 10 nitrogen and oxygen atoms in total. The van der Waals surface area contributed by atoms with Crippen LogP contribution in [0.15, 0.2) is 35.3 Å². The summed E-state index contributed by atoms with van der Waals surface area (Å²) in [6.07, 6.45) is 0. The minimum atomic E-state index is -0.830. The largest absolute Gasteiger partial charge is 0.383 e. The van der Waals surface area contributed by atoms with E-state index in [0.29, 0.717) is 23.0 Å². The number of carbonyl (C=O) groups excluding carboxylic acids is 1. The molecule has 0 unspecified atom stereocenters. The first-order chi connectivity index (χ1) is 14.2. The molecule has 30 heavy (non-hydrogen) atoms. The number of ether oxygens (including phenoxy) is 1. The van der Waals surface area contributed by atoms with Crippen LogP contribution in [-0.2, 0) is 11.3 Å². The first-order valence-corrected chi connectivity index (χ1v) is 9.72. The van der Waals surface area contributed by atoms with Crippen molar-refractivity contribution in [2.24, 2.45) is 4.99 Å². The number of fused-ring (bicyclic) bond motifs is 1. The Morgan fingerprint density at radius 2 is 1.83 bits per heavy atom. The van der Waals surface area contributed by atoms with Gasteiger partial charge in [0.05, 0.1) is 38.3 Å². The molecule has 0 aliphatic heterocycles. The highest BCUT2D eigenvalue weighted by molar-refractivity contribution is 7.16. The number of non-ortho nitro benzene ring substituents is 2. The lowest BCUT2D eigenvalue weighted by molar-refractivity contribution is -0.394. The molecule has 2 aromatic carbocycles. The molecular weight excluding hydrogens is 436 g/mol. The minimum Gasteiger partial charge on any atom is -0.383 e. The lowest BCUT2D eigenvalue weighted by atomic mass is 10.1. The van der Waals surface area contributed by atoms with Crippen LogP contribution in [0.2, 0.25) is 5.02 Å². The number of benzene rings is 2. The first kappa shape index (κ1) is 21.6. The number of thiazole rings is 1. The van der Waals surface area contributed by atoms with Gasteiger partial charge in [-0.1, -0.05) is 22.9 Å². The molecule has 0 N–H and O–H groups in total. The van der Waals surface area contributed by atoms with Gasteiger partial charge in [0.15, 0.2) is 4.80 Å². The summed E-state index contributed by atoms with van der Waals surface area (Å²) in [6.45, 7) is 2.58. The van der Waals surface area contributed by atoms with Crippen molar-refractivity contribution >= 4 is 50.4 Å². The molecule has 0 saturated heterocycles. The molecule has 12 heteroatoms. The van der Waals surface area contributed by atoms with Gasteiger partial charge in [-0.3, -0.25) is 25.0 Å². The Labute approximate surface area is 178 Å². The van der Waals surface area contributed by atoms with E-state index in [-0.39, 0.29) is 5.56 Å². The Balaban J connectivity index is 2.19. The number of halogens is 1. The van der Waals surface area contributed by atoms with Gasteiger partial charge in [0.1, 0.15) is 0 Å². The Hall–Kier alpha value is -3.15. The molecule has 1 amide bonds. The number of nitro benzene ring substituents is 2. The quantitative estimate of drug-likeness (QED) is 0.414. The molecule has 0 aliphatic rings. The molecule has 3 rings (SSSR count). The summed E-state index contributed by atoms with van der Waals surface area (Å²) in [6, 6.07) is 6.27. The van der Waals surface area contributed by atoms with E-state index >= 15 is 0 Å². The summed E-state index contributed by atoms with van der Waals surface area (Å²) < 4.78 is 7.75. The summed E-state index contributed by atoms with van der Waals surface area (Å²) in [4.78, 5) is 37.7. The number of nitro groups is 2. The average molecular weight is 451 g/mol. The molecule has 1 heterocycles. The fraction of sp³-hybridized carbons (Fsp3) is 0.222. The summed E-state index contributed by atoms with van der Waals surface area (Å²) in [5.41, 5.74) is 0.229. The van der Waals surface area contributed by atoms with E-state index in [9.17, 15) is 25.0 Å². The van der Waals surface area contributed by atoms with E-state index in [1.54, 1.807) is 23.8 Å². The first-order valence-electron chi connectivity index (χ1n) is 8.53. The maximum absolute atomic E-state index is 12.7. The van der Waals surface area contributed by atoms with Crippen LogP contribution in [0, 0.1) is 27.2 Å². The summed E-state index contributed by atoms with van der Waals surface area (Å²) >= 11 is 7.47. The Morgan fingerprint density at radius 3 is 2.40 bits per heavy atom. The molecule has 156 valence electrons. The van der Waals surface area contributed by atoms with Gasteiger partial charge in [-0.2, -0.15) is 4.99 Å². The summed E-state index contributed by atoms with van der Waals surface area (Å²) in [7, 11) is 1.54. The summed E-state index contributed by atoms with van der Waals surface area (Å²) in [5, 5.41) is 22.7. The number of amides is 1. The number of aryl methyl sites for hydroxylation is 1. The number of methoxy groups -OCH3 is 1. The third-order valence-electron chi connectivity index (χ3n) is 4.32. The normalized spacial score (nSPS) is 11.8. The predicted octanol–water partition coefficient (Wildman–Crippen LogP) is 3.87. The van der Waals surface area contributed by atoms with Crippen molar-refractivity contribution in [3.63, 3.8) is 0 Å². The van der Waals surface area contributed by atoms with Gasteiger partial charge in [0.25, 0.3) is 17.3 Å². The maximum Gasteiger partial charge on any atom is 0.280 e. The molecular formula is C18H15ClN4O6S. The highest BCUT2D eigenvalue weighted by Gasteiger charge is 2.20. The topological polar surface area (TPSA) is 130 Å². The molecule has 0 radical (unpaired) electrons. The number of rotatable bonds is 6. The van der Waals surface area contributed by atoms with Gasteiger partial charge < -0.3 is 9.30 Å². The van der Waals surface area contributed by atoms with Gasteiger partial charge in [-0.05, 0) is 24.6 Å². The average Bonchev–Trinajstić information content (AvgIpc) is 3.06. The Bertz CT molecular complexity index is 1220. The van der Waals surface area contributed by atoms with E-state index in [0.717, 1.165) is 34.0 Å². The number of nitrogens with zero attached hydrogens (tertiary/aromatic N) is 4. The van der Waals surface area contributed by atoms with Crippen molar-refractivity contribution in [2.45, 2.75) is 13.5 Å². The van der Waals surface area contributed by atoms with Crippen LogP contribution in [0.4, 0.5) is 11.4 Å². The minimum absolute atomic E-state index is 0.249. The van der Waals surface area contributed by atoms with Gasteiger partial charge in [-0.15, -0.1) is 0 Å². The van der Waals surface area contributed by atoms with Crippen molar-refractivity contribution in [1.29, 1.82) is 0 Å². The van der Waals surface area contributed by atoms with Crippen LogP contribution >= 0.6 is 22.9 Å². The van der Waals surface area contributed by atoms with Crippen LogP contribution < -0.4 is 4.80 Å². The second kappa shape index (κ2) is 8.69. The highest BCUT2D eigenvalue weighted by Crippen LogP contribution is 2.27. The van der Waals surface area contributed by atoms with E-state index in [2.05, 4.69) is 4.99 Å². The third kappa shape index (κ3) is 4.22. The second-order valence-electron chi connectivity index (χ2n) is 6.22. The molecule has 1 aromatic heterocycles. The molecule has 0 aliphatic carbocycles. The fourth-order valence-electron chi connectivity index (χ4n) is 2.87. The van der Waals surface area contributed by atoms with Crippen LogP contribution in [0.5, 0.6) is 0 Å². The molecule has 0 atom stereocenters. The SMILES string of the molecule is COCCn1c(=NC(=O)c2cc([N+](=O)[O-])cc([N+](=O)[O-])c2)sc2ccc(Cl)c(C)c21. The van der Waals surface area contributed by atoms with E-state index in [1.165, 1.54) is 11.3 Å². The smallest absolute Gasteiger partial charge is 0.280 e. The van der Waals surface area contributed by atoms with Crippen LogP contribution in [0.25, 0.3) is 10.2 Å². The van der Waals surface area contributed by atoms with E-state index in [4.69, 9.17) is 16.3 Å². The lowest BCUT2D eigenvalue weighted by Gasteiger charge is -2.07. The third-order valence-corrected chi connectivity index (χ3v) is 5.77. The van der Waals surface area contributed by atoms with Crippen molar-refractivity contribution in [3.05, 3.63) is 71.5 Å². The lowest BCUT2D eigenvalue weighted by Crippen LogP contribution is -2.20. The molecule has 0 fully saturated rings. The molecule has 3 aromatic rings. The van der Waals surface area contributed by atoms with E-state index < -0.39 is 27.1 Å². The van der Waals surface area contributed by atoms with E-state index in [1.807, 2.05) is 6.92 Å². The fourth-order valence-corrected chi connectivity index (χ4v) is 4.14. The van der Waals surface area contributed by atoms with Gasteiger partial charge in [0, 0.05) is 30.8 Å².